The Morgan fingerprint density at radius 2 is 1.95 bits per heavy atom. The van der Waals surface area contributed by atoms with Crippen molar-refractivity contribution in [2.45, 2.75) is 26.3 Å². The second-order valence-corrected chi connectivity index (χ2v) is 4.29. The Kier molecular flexibility index (Phi) is 7.30. The van der Waals surface area contributed by atoms with Gasteiger partial charge in [-0.2, -0.15) is 0 Å². The van der Waals surface area contributed by atoms with Crippen molar-refractivity contribution in [1.29, 1.82) is 0 Å². The first-order valence-corrected chi connectivity index (χ1v) is 6.79. The molecule has 0 saturated carbocycles. The molecule has 0 aliphatic rings. The molecule has 0 fully saturated rings. The van der Waals surface area contributed by atoms with Gasteiger partial charge < -0.3 is 19.5 Å². The summed E-state index contributed by atoms with van der Waals surface area (Å²) >= 11 is 0. The van der Waals surface area contributed by atoms with E-state index in [-0.39, 0.29) is 6.04 Å². The Bertz CT molecular complexity index is 368. The van der Waals surface area contributed by atoms with Gasteiger partial charge >= 0.3 is 0 Å². The Balaban J connectivity index is 2.91. The SMILES string of the molecule is CCCOCC(NCC)c1cc(OC)ccc1OC. The number of likely N-dealkylation sites (N-methyl/N-ethyl adjacent to an activating group) is 1. The summed E-state index contributed by atoms with van der Waals surface area (Å²) < 4.78 is 16.4. The van der Waals surface area contributed by atoms with Crippen LogP contribution >= 0.6 is 0 Å². The van der Waals surface area contributed by atoms with Crippen LogP contribution in [-0.4, -0.2) is 34.0 Å². The lowest BCUT2D eigenvalue weighted by Crippen LogP contribution is -2.26. The van der Waals surface area contributed by atoms with Gasteiger partial charge in [0.1, 0.15) is 11.5 Å². The van der Waals surface area contributed by atoms with Crippen molar-refractivity contribution in [2.24, 2.45) is 0 Å². The molecule has 1 unspecified atom stereocenters. The van der Waals surface area contributed by atoms with E-state index in [0.29, 0.717) is 6.61 Å². The van der Waals surface area contributed by atoms with Crippen LogP contribution in [-0.2, 0) is 4.74 Å². The number of benzene rings is 1. The van der Waals surface area contributed by atoms with Crippen molar-refractivity contribution in [1.82, 2.24) is 5.32 Å². The number of nitrogens with one attached hydrogen (secondary N) is 1. The van der Waals surface area contributed by atoms with Crippen LogP contribution in [0.15, 0.2) is 18.2 Å². The first-order chi connectivity index (χ1) is 9.26. The van der Waals surface area contributed by atoms with Gasteiger partial charge in [0.15, 0.2) is 0 Å². The topological polar surface area (TPSA) is 39.7 Å². The minimum absolute atomic E-state index is 0.113. The van der Waals surface area contributed by atoms with Crippen LogP contribution in [0.2, 0.25) is 0 Å². The molecule has 0 aromatic heterocycles. The van der Waals surface area contributed by atoms with E-state index >= 15 is 0 Å². The molecule has 1 N–H and O–H groups in total. The Morgan fingerprint density at radius 3 is 2.53 bits per heavy atom. The number of hydrogen-bond acceptors (Lipinski definition) is 4. The Labute approximate surface area is 116 Å². The third kappa shape index (κ3) is 4.73. The molecular weight excluding hydrogens is 242 g/mol. The molecule has 0 heterocycles. The van der Waals surface area contributed by atoms with E-state index in [1.54, 1.807) is 14.2 Å². The van der Waals surface area contributed by atoms with Gasteiger partial charge in [0.25, 0.3) is 0 Å². The van der Waals surface area contributed by atoms with Gasteiger partial charge in [-0.3, -0.25) is 0 Å². The zero-order valence-corrected chi connectivity index (χ0v) is 12.4. The summed E-state index contributed by atoms with van der Waals surface area (Å²) in [6, 6.07) is 5.94. The van der Waals surface area contributed by atoms with Crippen LogP contribution in [0.5, 0.6) is 11.5 Å². The van der Waals surface area contributed by atoms with Gasteiger partial charge in [-0.05, 0) is 31.2 Å². The molecule has 1 rings (SSSR count). The van der Waals surface area contributed by atoms with Crippen molar-refractivity contribution in [2.75, 3.05) is 34.0 Å². The maximum atomic E-state index is 5.67. The van der Waals surface area contributed by atoms with Crippen molar-refractivity contribution in [3.63, 3.8) is 0 Å². The van der Waals surface area contributed by atoms with Crippen LogP contribution in [0.3, 0.4) is 0 Å². The Hall–Kier alpha value is -1.26. The average Bonchev–Trinajstić information content (AvgIpc) is 2.46. The number of rotatable bonds is 9. The van der Waals surface area contributed by atoms with Gasteiger partial charge in [0, 0.05) is 12.2 Å². The lowest BCUT2D eigenvalue weighted by Gasteiger charge is -2.21. The van der Waals surface area contributed by atoms with Gasteiger partial charge in [-0.1, -0.05) is 13.8 Å². The minimum Gasteiger partial charge on any atom is -0.497 e. The molecule has 1 aromatic carbocycles. The van der Waals surface area contributed by atoms with E-state index in [4.69, 9.17) is 14.2 Å². The second-order valence-electron chi connectivity index (χ2n) is 4.29. The molecule has 0 amide bonds. The second kappa shape index (κ2) is 8.77. The van der Waals surface area contributed by atoms with Crippen molar-refractivity contribution in [3.05, 3.63) is 23.8 Å². The van der Waals surface area contributed by atoms with E-state index in [1.807, 2.05) is 18.2 Å². The molecule has 0 radical (unpaired) electrons. The highest BCUT2D eigenvalue weighted by Gasteiger charge is 2.16. The highest BCUT2D eigenvalue weighted by atomic mass is 16.5. The molecule has 1 atom stereocenters. The van der Waals surface area contributed by atoms with Gasteiger partial charge in [-0.15, -0.1) is 0 Å². The number of hydrogen-bond donors (Lipinski definition) is 1. The molecule has 4 nitrogen and oxygen atoms in total. The quantitative estimate of drug-likeness (QED) is 0.698. The summed E-state index contributed by atoms with van der Waals surface area (Å²) in [4.78, 5) is 0. The van der Waals surface area contributed by atoms with Gasteiger partial charge in [0.05, 0.1) is 26.9 Å². The monoisotopic (exact) mass is 267 g/mol. The standard InChI is InChI=1S/C15H25NO3/c1-5-9-19-11-14(16-6-2)13-10-12(17-3)7-8-15(13)18-4/h7-8,10,14,16H,5-6,9,11H2,1-4H3. The van der Waals surface area contributed by atoms with E-state index in [1.165, 1.54) is 0 Å². The van der Waals surface area contributed by atoms with Crippen molar-refractivity contribution >= 4 is 0 Å². The maximum absolute atomic E-state index is 5.67. The number of ether oxygens (including phenoxy) is 3. The molecule has 1 aromatic rings. The lowest BCUT2D eigenvalue weighted by molar-refractivity contribution is 0.111. The van der Waals surface area contributed by atoms with Crippen LogP contribution < -0.4 is 14.8 Å². The first-order valence-electron chi connectivity index (χ1n) is 6.79. The predicted octanol–water partition coefficient (Wildman–Crippen LogP) is 2.78. The largest absolute Gasteiger partial charge is 0.497 e. The smallest absolute Gasteiger partial charge is 0.123 e. The summed E-state index contributed by atoms with van der Waals surface area (Å²) in [7, 11) is 3.35. The third-order valence-corrected chi connectivity index (χ3v) is 2.90. The minimum atomic E-state index is 0.113. The molecule has 4 heteroatoms. The number of methoxy groups -OCH3 is 2. The van der Waals surface area contributed by atoms with E-state index in [9.17, 15) is 0 Å². The molecule has 0 bridgehead atoms. The van der Waals surface area contributed by atoms with Crippen molar-refractivity contribution in [3.8, 4) is 11.5 Å². The van der Waals surface area contributed by atoms with Crippen LogP contribution in [0.4, 0.5) is 0 Å². The van der Waals surface area contributed by atoms with Crippen LogP contribution in [0, 0.1) is 0 Å². The molecule has 0 saturated heterocycles. The van der Waals surface area contributed by atoms with E-state index in [0.717, 1.165) is 36.6 Å². The summed E-state index contributed by atoms with van der Waals surface area (Å²) in [5.41, 5.74) is 1.07. The zero-order chi connectivity index (χ0) is 14.1. The summed E-state index contributed by atoms with van der Waals surface area (Å²) in [6.45, 7) is 6.47. The maximum Gasteiger partial charge on any atom is 0.123 e. The summed E-state index contributed by atoms with van der Waals surface area (Å²) in [5.74, 6) is 1.68. The fraction of sp³-hybridized carbons (Fsp3) is 0.600. The fourth-order valence-electron chi connectivity index (χ4n) is 1.96. The average molecular weight is 267 g/mol. The molecule has 0 aliphatic heterocycles. The van der Waals surface area contributed by atoms with E-state index in [2.05, 4.69) is 19.2 Å². The van der Waals surface area contributed by atoms with Crippen molar-refractivity contribution < 1.29 is 14.2 Å². The molecule has 19 heavy (non-hydrogen) atoms. The van der Waals surface area contributed by atoms with Crippen LogP contribution in [0.25, 0.3) is 0 Å². The highest BCUT2D eigenvalue weighted by Crippen LogP contribution is 2.29. The van der Waals surface area contributed by atoms with E-state index < -0.39 is 0 Å². The molecule has 0 aliphatic carbocycles. The summed E-state index contributed by atoms with van der Waals surface area (Å²) in [6.07, 6.45) is 1.02. The molecule has 0 spiro atoms. The first kappa shape index (κ1) is 15.8. The van der Waals surface area contributed by atoms with Crippen LogP contribution in [0.1, 0.15) is 31.9 Å². The summed E-state index contributed by atoms with van der Waals surface area (Å²) in [5, 5.41) is 3.42. The third-order valence-electron chi connectivity index (χ3n) is 2.90. The zero-order valence-electron chi connectivity index (χ0n) is 12.4. The molecular formula is C15H25NO3. The molecule has 108 valence electrons. The predicted molar refractivity (Wildman–Crippen MR) is 77.1 cm³/mol. The Morgan fingerprint density at radius 1 is 1.16 bits per heavy atom. The lowest BCUT2D eigenvalue weighted by atomic mass is 10.1. The normalized spacial score (nSPS) is 12.2. The van der Waals surface area contributed by atoms with Gasteiger partial charge in [-0.25, -0.2) is 0 Å². The highest BCUT2D eigenvalue weighted by molar-refractivity contribution is 5.42. The fourth-order valence-corrected chi connectivity index (χ4v) is 1.96. The van der Waals surface area contributed by atoms with Gasteiger partial charge in [0.2, 0.25) is 0 Å².